The Morgan fingerprint density at radius 1 is 1.10 bits per heavy atom. The Morgan fingerprint density at radius 2 is 1.77 bits per heavy atom. The van der Waals surface area contributed by atoms with Crippen LogP contribution in [0.4, 0.5) is 0 Å². The molecule has 0 heterocycles. The number of benzene rings is 2. The second-order valence-corrected chi connectivity index (χ2v) is 8.90. The van der Waals surface area contributed by atoms with Gasteiger partial charge >= 0.3 is 0 Å². The summed E-state index contributed by atoms with van der Waals surface area (Å²) in [6.45, 7) is 2.34. The van der Waals surface area contributed by atoms with Crippen molar-refractivity contribution in [3.05, 3.63) is 64.6 Å². The first-order chi connectivity index (χ1) is 15.1. The van der Waals surface area contributed by atoms with E-state index in [1.165, 1.54) is 0 Å². The molecular weight excluding hydrogens is 456 g/mol. The third kappa shape index (κ3) is 7.10. The number of nitrogens with zero attached hydrogens (tertiary/aromatic N) is 1. The summed E-state index contributed by atoms with van der Waals surface area (Å²) in [5.74, 6) is 0.398. The zero-order valence-corrected chi connectivity index (χ0v) is 19.6. The van der Waals surface area contributed by atoms with Crippen LogP contribution in [0, 0.1) is 0 Å². The monoisotopic (exact) mass is 486 g/mol. The van der Waals surface area contributed by atoms with Crippen molar-refractivity contribution < 1.29 is 14.3 Å². The molecule has 0 aliphatic heterocycles. The quantitative estimate of drug-likeness (QED) is 0.527. The van der Waals surface area contributed by atoms with Crippen molar-refractivity contribution in [3.63, 3.8) is 0 Å². The van der Waals surface area contributed by atoms with E-state index >= 15 is 0 Å². The van der Waals surface area contributed by atoms with Crippen molar-refractivity contribution in [1.82, 2.24) is 10.2 Å². The highest BCUT2D eigenvalue weighted by atomic mass is 79.9. The molecule has 5 nitrogen and oxygen atoms in total. The molecule has 0 spiro atoms. The van der Waals surface area contributed by atoms with Crippen LogP contribution in [-0.2, 0) is 16.0 Å². The van der Waals surface area contributed by atoms with E-state index in [2.05, 4.69) is 21.2 Å². The summed E-state index contributed by atoms with van der Waals surface area (Å²) in [4.78, 5) is 27.9. The molecule has 1 atom stereocenters. The van der Waals surface area contributed by atoms with Gasteiger partial charge in [0.1, 0.15) is 11.8 Å². The molecule has 31 heavy (non-hydrogen) atoms. The maximum absolute atomic E-state index is 13.2. The molecule has 166 valence electrons. The summed E-state index contributed by atoms with van der Waals surface area (Å²) in [7, 11) is 0. The Bertz CT molecular complexity index is 836. The molecule has 1 N–H and O–H groups in total. The fourth-order valence-corrected chi connectivity index (χ4v) is 4.29. The minimum atomic E-state index is -0.495. The lowest BCUT2D eigenvalue weighted by Gasteiger charge is -2.31. The molecule has 0 unspecified atom stereocenters. The van der Waals surface area contributed by atoms with Gasteiger partial charge in [-0.05, 0) is 55.5 Å². The van der Waals surface area contributed by atoms with Crippen LogP contribution in [0.3, 0.4) is 0 Å². The molecule has 3 rings (SSSR count). The van der Waals surface area contributed by atoms with Crippen molar-refractivity contribution >= 4 is 27.7 Å². The molecule has 0 saturated heterocycles. The zero-order chi connectivity index (χ0) is 22.1. The van der Waals surface area contributed by atoms with Crippen molar-refractivity contribution in [3.8, 4) is 5.75 Å². The fourth-order valence-electron chi connectivity index (χ4n) is 4.02. The van der Waals surface area contributed by atoms with Crippen LogP contribution >= 0.6 is 15.9 Å². The Hall–Kier alpha value is -2.34. The summed E-state index contributed by atoms with van der Waals surface area (Å²) in [6.07, 6.45) is 5.61. The van der Waals surface area contributed by atoms with E-state index in [0.717, 1.165) is 35.7 Å². The maximum atomic E-state index is 13.2. The molecule has 0 bridgehead atoms. The van der Waals surface area contributed by atoms with E-state index in [0.29, 0.717) is 25.1 Å². The van der Waals surface area contributed by atoms with Crippen LogP contribution in [-0.4, -0.2) is 41.9 Å². The van der Waals surface area contributed by atoms with Gasteiger partial charge < -0.3 is 15.0 Å². The predicted molar refractivity (Wildman–Crippen MR) is 126 cm³/mol. The van der Waals surface area contributed by atoms with Crippen molar-refractivity contribution in [1.29, 1.82) is 0 Å². The molecule has 1 aliphatic rings. The highest BCUT2D eigenvalue weighted by Gasteiger charge is 2.30. The van der Waals surface area contributed by atoms with Crippen molar-refractivity contribution in [2.24, 2.45) is 0 Å². The SMILES string of the molecule is CC[C@H](C(=O)NC1CCCC1)N(CCc1ccccc1)C(=O)COc1ccc(Br)cc1. The molecule has 6 heteroatoms. The number of ether oxygens (including phenoxy) is 1. The van der Waals surface area contributed by atoms with Gasteiger partial charge in [0.15, 0.2) is 6.61 Å². The van der Waals surface area contributed by atoms with Crippen LogP contribution in [0.15, 0.2) is 59.1 Å². The molecule has 1 aliphatic carbocycles. The number of carbonyl (C=O) groups is 2. The van der Waals surface area contributed by atoms with E-state index in [-0.39, 0.29) is 24.5 Å². The number of hydrogen-bond acceptors (Lipinski definition) is 3. The average molecular weight is 487 g/mol. The average Bonchev–Trinajstić information content (AvgIpc) is 3.29. The Labute approximate surface area is 193 Å². The van der Waals surface area contributed by atoms with E-state index in [4.69, 9.17) is 4.74 Å². The lowest BCUT2D eigenvalue weighted by molar-refractivity contribution is -0.142. The number of rotatable bonds is 10. The Balaban J connectivity index is 1.68. The molecule has 2 aromatic carbocycles. The highest BCUT2D eigenvalue weighted by Crippen LogP contribution is 2.19. The van der Waals surface area contributed by atoms with Crippen LogP contribution in [0.25, 0.3) is 0 Å². The molecule has 1 saturated carbocycles. The third-order valence-electron chi connectivity index (χ3n) is 5.75. The van der Waals surface area contributed by atoms with E-state index < -0.39 is 6.04 Å². The van der Waals surface area contributed by atoms with Crippen molar-refractivity contribution in [2.45, 2.75) is 57.5 Å². The van der Waals surface area contributed by atoms with Gasteiger partial charge in [0.2, 0.25) is 5.91 Å². The fraction of sp³-hybridized carbons (Fsp3) is 0.440. The van der Waals surface area contributed by atoms with Crippen LogP contribution in [0.5, 0.6) is 5.75 Å². The number of nitrogens with one attached hydrogen (secondary N) is 1. The number of carbonyl (C=O) groups excluding carboxylic acids is 2. The summed E-state index contributed by atoms with van der Waals surface area (Å²) in [6, 6.07) is 17.1. The second-order valence-electron chi connectivity index (χ2n) is 7.98. The normalized spacial score (nSPS) is 14.8. The van der Waals surface area contributed by atoms with Gasteiger partial charge in [-0.15, -0.1) is 0 Å². The van der Waals surface area contributed by atoms with Crippen LogP contribution in [0.1, 0.15) is 44.6 Å². The third-order valence-corrected chi connectivity index (χ3v) is 6.28. The predicted octanol–water partition coefficient (Wildman–Crippen LogP) is 4.74. The summed E-state index contributed by atoms with van der Waals surface area (Å²) >= 11 is 3.40. The maximum Gasteiger partial charge on any atom is 0.261 e. The first-order valence-corrected chi connectivity index (χ1v) is 11.9. The number of halogens is 1. The number of amides is 2. The highest BCUT2D eigenvalue weighted by molar-refractivity contribution is 9.10. The number of hydrogen-bond donors (Lipinski definition) is 1. The van der Waals surface area contributed by atoms with Gasteiger partial charge in [0, 0.05) is 17.1 Å². The lowest BCUT2D eigenvalue weighted by atomic mass is 10.1. The van der Waals surface area contributed by atoms with Gasteiger partial charge in [-0.3, -0.25) is 9.59 Å². The molecule has 2 aromatic rings. The molecule has 0 radical (unpaired) electrons. The van der Waals surface area contributed by atoms with Crippen LogP contribution in [0.2, 0.25) is 0 Å². The smallest absolute Gasteiger partial charge is 0.261 e. The van der Waals surface area contributed by atoms with Gasteiger partial charge in [-0.25, -0.2) is 0 Å². The van der Waals surface area contributed by atoms with E-state index in [1.807, 2.05) is 61.5 Å². The van der Waals surface area contributed by atoms with Gasteiger partial charge in [-0.1, -0.05) is 66.0 Å². The Kier molecular flexibility index (Phi) is 8.95. The first kappa shape index (κ1) is 23.3. The summed E-state index contributed by atoms with van der Waals surface area (Å²) < 4.78 is 6.67. The first-order valence-electron chi connectivity index (χ1n) is 11.1. The standard InChI is InChI=1S/C25H31BrN2O3/c1-2-23(25(30)27-21-10-6-7-11-21)28(17-16-19-8-4-3-5-9-19)24(29)18-31-22-14-12-20(26)13-15-22/h3-5,8-9,12-15,21,23H,2,6-7,10-11,16-18H2,1H3,(H,27,30)/t23-/m1/s1. The molecular formula is C25H31BrN2O3. The molecule has 1 fully saturated rings. The van der Waals surface area contributed by atoms with Crippen molar-refractivity contribution in [2.75, 3.05) is 13.2 Å². The minimum absolute atomic E-state index is 0.0561. The topological polar surface area (TPSA) is 58.6 Å². The minimum Gasteiger partial charge on any atom is -0.484 e. The lowest BCUT2D eigenvalue weighted by Crippen LogP contribution is -2.52. The second kappa shape index (κ2) is 11.9. The van der Waals surface area contributed by atoms with Gasteiger partial charge in [-0.2, -0.15) is 0 Å². The Morgan fingerprint density at radius 3 is 2.42 bits per heavy atom. The molecule has 0 aromatic heterocycles. The zero-order valence-electron chi connectivity index (χ0n) is 18.1. The van der Waals surface area contributed by atoms with Crippen LogP contribution < -0.4 is 10.1 Å². The summed E-state index contributed by atoms with van der Waals surface area (Å²) in [5, 5.41) is 3.16. The largest absolute Gasteiger partial charge is 0.484 e. The van der Waals surface area contributed by atoms with E-state index in [9.17, 15) is 9.59 Å². The van der Waals surface area contributed by atoms with E-state index in [1.54, 1.807) is 4.90 Å². The molecule has 2 amide bonds. The van der Waals surface area contributed by atoms with Gasteiger partial charge in [0.25, 0.3) is 5.91 Å². The van der Waals surface area contributed by atoms with Gasteiger partial charge in [0.05, 0.1) is 0 Å². The summed E-state index contributed by atoms with van der Waals surface area (Å²) in [5.41, 5.74) is 1.14.